The minimum atomic E-state index is -3.99. The predicted octanol–water partition coefficient (Wildman–Crippen LogP) is 1.37. The molecule has 0 bridgehead atoms. The first-order chi connectivity index (χ1) is 10.3. The number of alkyl halides is 2. The maximum Gasteiger partial charge on any atom is 0.338 e. The maximum absolute atomic E-state index is 14.1. The van der Waals surface area contributed by atoms with Crippen LogP contribution in [0.5, 0.6) is 0 Å². The van der Waals surface area contributed by atoms with E-state index in [9.17, 15) is 22.9 Å². The fraction of sp³-hybridized carbons (Fsp3) is 0.308. The van der Waals surface area contributed by atoms with Gasteiger partial charge in [-0.05, 0) is 24.6 Å². The number of nitrogens with zero attached hydrogens (tertiary/aromatic N) is 2. The number of hydrogen-bond acceptors (Lipinski definition) is 5. The first kappa shape index (κ1) is 15.8. The van der Waals surface area contributed by atoms with Gasteiger partial charge in [0.2, 0.25) is 0 Å². The Morgan fingerprint density at radius 1 is 1.41 bits per heavy atom. The Kier molecular flexibility index (Phi) is 3.82. The second-order valence-electron chi connectivity index (χ2n) is 4.50. The van der Waals surface area contributed by atoms with Crippen molar-refractivity contribution in [3.8, 4) is 0 Å². The van der Waals surface area contributed by atoms with E-state index in [1.807, 2.05) is 0 Å². The number of esters is 1. The molecule has 0 spiro atoms. The molecule has 1 amide bonds. The number of hydrazone groups is 1. The van der Waals surface area contributed by atoms with Crippen molar-refractivity contribution in [2.75, 3.05) is 6.61 Å². The van der Waals surface area contributed by atoms with Crippen molar-refractivity contribution in [3.05, 3.63) is 35.4 Å². The van der Waals surface area contributed by atoms with Crippen LogP contribution in [0.2, 0.25) is 0 Å². The van der Waals surface area contributed by atoms with Gasteiger partial charge >= 0.3 is 11.9 Å². The van der Waals surface area contributed by atoms with Gasteiger partial charge in [-0.1, -0.05) is 16.6 Å². The Bertz CT molecular complexity index is 650. The van der Waals surface area contributed by atoms with Gasteiger partial charge in [0.25, 0.3) is 11.4 Å². The molecule has 1 aromatic carbocycles. The van der Waals surface area contributed by atoms with Gasteiger partial charge in [0.1, 0.15) is 0 Å². The molecule has 1 atom stereocenters. The standard InChI is InChI=1S/C13H12F3N3O3/c1-2-22-10(20)8-4-3-5-9(6-8)13(11(17)21)12(14,15)7-18-19(13)16/h3-7H,2H2,1H3,(H2,17,21). The number of halogens is 3. The third kappa shape index (κ3) is 2.09. The molecule has 0 fully saturated rings. The molecule has 0 saturated carbocycles. The van der Waals surface area contributed by atoms with E-state index >= 15 is 0 Å². The zero-order valence-corrected chi connectivity index (χ0v) is 11.4. The molecule has 1 aliphatic rings. The highest BCUT2D eigenvalue weighted by Crippen LogP contribution is 2.46. The normalized spacial score (nSPS) is 22.6. The van der Waals surface area contributed by atoms with E-state index in [4.69, 9.17) is 10.5 Å². The molecule has 0 radical (unpaired) electrons. The van der Waals surface area contributed by atoms with Crippen LogP contribution in [-0.4, -0.2) is 35.9 Å². The average molecular weight is 315 g/mol. The number of carbonyl (C=O) groups excluding carboxylic acids is 2. The third-order valence-electron chi connectivity index (χ3n) is 3.23. The lowest BCUT2D eigenvalue weighted by Gasteiger charge is -2.33. The Hall–Kier alpha value is -2.58. The molecule has 0 aliphatic carbocycles. The van der Waals surface area contributed by atoms with Crippen molar-refractivity contribution in [1.29, 1.82) is 0 Å². The Balaban J connectivity index is 2.59. The monoisotopic (exact) mass is 315 g/mol. The van der Waals surface area contributed by atoms with Crippen LogP contribution in [0.3, 0.4) is 0 Å². The molecule has 9 heteroatoms. The fourth-order valence-corrected chi connectivity index (χ4v) is 2.21. The highest BCUT2D eigenvalue weighted by molar-refractivity contribution is 5.95. The zero-order chi connectivity index (χ0) is 16.5. The smallest absolute Gasteiger partial charge is 0.338 e. The largest absolute Gasteiger partial charge is 0.462 e. The van der Waals surface area contributed by atoms with E-state index in [2.05, 4.69) is 5.10 Å². The minimum absolute atomic E-state index is 0.00516. The molecule has 1 aromatic rings. The summed E-state index contributed by atoms with van der Waals surface area (Å²) in [6.45, 7) is 1.63. The van der Waals surface area contributed by atoms with Crippen molar-refractivity contribution in [1.82, 2.24) is 5.23 Å². The molecule has 118 valence electrons. The second kappa shape index (κ2) is 5.32. The van der Waals surface area contributed by atoms with E-state index in [0.717, 1.165) is 12.1 Å². The summed E-state index contributed by atoms with van der Waals surface area (Å²) in [4.78, 5) is 23.3. The van der Waals surface area contributed by atoms with E-state index < -0.39 is 34.1 Å². The summed E-state index contributed by atoms with van der Waals surface area (Å²) in [5.74, 6) is -6.42. The average Bonchev–Trinajstić information content (AvgIpc) is 2.70. The van der Waals surface area contributed by atoms with Crippen LogP contribution in [0, 0.1) is 0 Å². The van der Waals surface area contributed by atoms with Gasteiger partial charge in [-0.25, -0.2) is 4.79 Å². The first-order valence-corrected chi connectivity index (χ1v) is 6.24. The summed E-state index contributed by atoms with van der Waals surface area (Å²) < 4.78 is 46.8. The van der Waals surface area contributed by atoms with Crippen LogP contribution in [-0.2, 0) is 15.1 Å². The van der Waals surface area contributed by atoms with Crippen LogP contribution in [0.25, 0.3) is 0 Å². The highest BCUT2D eigenvalue weighted by Gasteiger charge is 2.67. The van der Waals surface area contributed by atoms with Gasteiger partial charge in [-0.2, -0.15) is 13.9 Å². The summed E-state index contributed by atoms with van der Waals surface area (Å²) in [5.41, 5.74) is 1.26. The number of benzene rings is 1. The molecule has 1 heterocycles. The van der Waals surface area contributed by atoms with Crippen molar-refractivity contribution in [3.63, 3.8) is 0 Å². The Morgan fingerprint density at radius 2 is 2.09 bits per heavy atom. The summed E-state index contributed by atoms with van der Waals surface area (Å²) >= 11 is 0. The second-order valence-corrected chi connectivity index (χ2v) is 4.50. The molecule has 0 saturated heterocycles. The number of rotatable bonds is 4. The molecule has 1 unspecified atom stereocenters. The van der Waals surface area contributed by atoms with Crippen molar-refractivity contribution in [2.45, 2.75) is 18.4 Å². The van der Waals surface area contributed by atoms with Crippen LogP contribution in [0.1, 0.15) is 22.8 Å². The molecular weight excluding hydrogens is 303 g/mol. The lowest BCUT2D eigenvalue weighted by atomic mass is 9.83. The number of ether oxygens (including phenoxy) is 1. The third-order valence-corrected chi connectivity index (χ3v) is 3.23. The first-order valence-electron chi connectivity index (χ1n) is 6.24. The molecule has 0 aromatic heterocycles. The summed E-state index contributed by atoms with van der Waals surface area (Å²) in [7, 11) is 0. The number of primary amides is 1. The topological polar surface area (TPSA) is 85.0 Å². The Morgan fingerprint density at radius 3 is 2.59 bits per heavy atom. The molecule has 2 rings (SSSR count). The highest BCUT2D eigenvalue weighted by atomic mass is 19.3. The van der Waals surface area contributed by atoms with Gasteiger partial charge in [0, 0.05) is 0 Å². The number of amides is 1. The zero-order valence-electron chi connectivity index (χ0n) is 11.4. The molecule has 1 aliphatic heterocycles. The minimum Gasteiger partial charge on any atom is -0.462 e. The SMILES string of the molecule is CCOC(=O)c1cccc(C2(C(N)=O)N(F)N=CC2(F)F)c1. The van der Waals surface area contributed by atoms with E-state index in [-0.39, 0.29) is 18.4 Å². The Labute approximate surface area is 123 Å². The van der Waals surface area contributed by atoms with Gasteiger partial charge in [-0.15, -0.1) is 5.23 Å². The van der Waals surface area contributed by atoms with Gasteiger partial charge in [-0.3, -0.25) is 4.79 Å². The summed E-state index contributed by atoms with van der Waals surface area (Å²) in [5, 5.41) is 2.13. The van der Waals surface area contributed by atoms with Crippen LogP contribution < -0.4 is 5.73 Å². The quantitative estimate of drug-likeness (QED) is 0.671. The van der Waals surface area contributed by atoms with Crippen molar-refractivity contribution >= 4 is 18.1 Å². The van der Waals surface area contributed by atoms with Crippen molar-refractivity contribution in [2.24, 2.45) is 10.8 Å². The fourth-order valence-electron chi connectivity index (χ4n) is 2.21. The van der Waals surface area contributed by atoms with Crippen LogP contribution >= 0.6 is 0 Å². The maximum atomic E-state index is 14.1. The summed E-state index contributed by atoms with van der Waals surface area (Å²) in [6.07, 6.45) is -0.00516. The summed E-state index contributed by atoms with van der Waals surface area (Å²) in [6, 6.07) is 4.49. The molecular formula is C13H12F3N3O3. The number of carbonyl (C=O) groups is 2. The molecule has 6 nitrogen and oxygen atoms in total. The van der Waals surface area contributed by atoms with Crippen LogP contribution in [0.15, 0.2) is 29.4 Å². The van der Waals surface area contributed by atoms with Gasteiger partial charge in [0.15, 0.2) is 0 Å². The van der Waals surface area contributed by atoms with Crippen LogP contribution in [0.4, 0.5) is 13.3 Å². The predicted molar refractivity (Wildman–Crippen MR) is 69.7 cm³/mol. The molecule has 22 heavy (non-hydrogen) atoms. The van der Waals surface area contributed by atoms with E-state index in [1.54, 1.807) is 6.92 Å². The van der Waals surface area contributed by atoms with Gasteiger partial charge < -0.3 is 10.5 Å². The lowest BCUT2D eigenvalue weighted by molar-refractivity contribution is -0.177. The van der Waals surface area contributed by atoms with Gasteiger partial charge in [0.05, 0.1) is 18.4 Å². The van der Waals surface area contributed by atoms with E-state index in [1.165, 1.54) is 12.1 Å². The van der Waals surface area contributed by atoms with E-state index in [0.29, 0.717) is 0 Å². The number of hydrogen-bond donors (Lipinski definition) is 1. The lowest BCUT2D eigenvalue weighted by Crippen LogP contribution is -2.58. The van der Waals surface area contributed by atoms with Crippen molar-refractivity contribution < 1.29 is 27.6 Å². The molecule has 2 N–H and O–H groups in total. The number of nitrogens with two attached hydrogens (primary N) is 1.